The first-order valence-corrected chi connectivity index (χ1v) is 11.1. The van der Waals surface area contributed by atoms with Crippen LogP contribution in [0.1, 0.15) is 16.9 Å². The molecule has 0 fully saturated rings. The fourth-order valence-corrected chi connectivity index (χ4v) is 4.08. The van der Waals surface area contributed by atoms with E-state index >= 15 is 0 Å². The number of nitrogens with zero attached hydrogens (tertiary/aromatic N) is 3. The summed E-state index contributed by atoms with van der Waals surface area (Å²) in [6.07, 6.45) is 1.63. The Morgan fingerprint density at radius 1 is 1.12 bits per heavy atom. The van der Waals surface area contributed by atoms with Crippen molar-refractivity contribution in [2.24, 2.45) is 0 Å². The first-order valence-electron chi connectivity index (χ1n) is 10.1. The van der Waals surface area contributed by atoms with Crippen molar-refractivity contribution in [2.45, 2.75) is 25.5 Å². The first-order chi connectivity index (χ1) is 15.5. The minimum absolute atomic E-state index is 0.0996. The van der Waals surface area contributed by atoms with Crippen LogP contribution in [0.2, 0.25) is 0 Å². The van der Waals surface area contributed by atoms with E-state index in [-0.39, 0.29) is 11.7 Å². The van der Waals surface area contributed by atoms with Crippen LogP contribution < -0.4 is 10.1 Å². The molecule has 4 rings (SSSR count). The third-order valence-electron chi connectivity index (χ3n) is 4.93. The van der Waals surface area contributed by atoms with Gasteiger partial charge >= 0.3 is 0 Å². The average molecular weight is 449 g/mol. The zero-order valence-electron chi connectivity index (χ0n) is 18.2. The van der Waals surface area contributed by atoms with E-state index in [4.69, 9.17) is 9.15 Å². The molecule has 0 radical (unpaired) electrons. The summed E-state index contributed by atoms with van der Waals surface area (Å²) < 4.78 is 12.8. The van der Waals surface area contributed by atoms with Crippen LogP contribution >= 0.6 is 11.8 Å². The van der Waals surface area contributed by atoms with E-state index in [9.17, 15) is 4.79 Å². The van der Waals surface area contributed by atoms with E-state index in [0.717, 1.165) is 33.9 Å². The highest BCUT2D eigenvalue weighted by atomic mass is 32.2. The molecule has 8 heteroatoms. The van der Waals surface area contributed by atoms with Crippen molar-refractivity contribution in [3.8, 4) is 17.1 Å². The second-order valence-corrected chi connectivity index (χ2v) is 8.30. The fourth-order valence-electron chi connectivity index (χ4n) is 3.34. The molecule has 32 heavy (non-hydrogen) atoms. The molecular weight excluding hydrogens is 424 g/mol. The molecule has 2 heterocycles. The number of aryl methyl sites for hydroxylation is 2. The highest BCUT2D eigenvalue weighted by molar-refractivity contribution is 7.99. The number of hydrogen-bond donors (Lipinski definition) is 1. The number of nitrogens with one attached hydrogen (secondary N) is 1. The van der Waals surface area contributed by atoms with Gasteiger partial charge < -0.3 is 14.5 Å². The molecule has 0 unspecified atom stereocenters. The van der Waals surface area contributed by atoms with Gasteiger partial charge in [-0.3, -0.25) is 9.36 Å². The minimum Gasteiger partial charge on any atom is -0.497 e. The molecule has 0 aliphatic rings. The Bertz CT molecular complexity index is 1220. The number of ether oxygens (including phenoxy) is 1. The third kappa shape index (κ3) is 5.03. The summed E-state index contributed by atoms with van der Waals surface area (Å²) in [7, 11) is 1.63. The van der Waals surface area contributed by atoms with Crippen LogP contribution in [0.15, 0.2) is 70.4 Å². The van der Waals surface area contributed by atoms with Crippen LogP contribution in [0.5, 0.6) is 5.75 Å². The number of carbonyl (C=O) groups excluding carboxylic acids is 1. The van der Waals surface area contributed by atoms with Gasteiger partial charge in [-0.2, -0.15) is 0 Å². The Hall–Kier alpha value is -3.52. The quantitative estimate of drug-likeness (QED) is 0.384. The lowest BCUT2D eigenvalue weighted by Crippen LogP contribution is -2.15. The van der Waals surface area contributed by atoms with Gasteiger partial charge in [0.15, 0.2) is 11.0 Å². The molecule has 0 saturated heterocycles. The molecule has 0 atom stereocenters. The van der Waals surface area contributed by atoms with Crippen molar-refractivity contribution in [3.05, 3.63) is 77.7 Å². The minimum atomic E-state index is -0.0996. The zero-order valence-corrected chi connectivity index (χ0v) is 19.0. The monoisotopic (exact) mass is 448 g/mol. The number of amides is 1. The van der Waals surface area contributed by atoms with Gasteiger partial charge in [0.25, 0.3) is 0 Å². The number of carbonyl (C=O) groups is 1. The molecule has 0 spiro atoms. The lowest BCUT2D eigenvalue weighted by molar-refractivity contribution is -0.113. The highest BCUT2D eigenvalue weighted by Gasteiger charge is 2.18. The standard InChI is InChI=1S/C24H24N4O3S/c1-16-9-10-21(17(2)12-16)25-22(29)15-32-24-27-26-23(18-6-4-7-19(13-18)30-3)28(24)14-20-8-5-11-31-20/h4-13H,14-15H2,1-3H3,(H,25,29). The van der Waals surface area contributed by atoms with Crippen molar-refractivity contribution < 1.29 is 13.9 Å². The van der Waals surface area contributed by atoms with Gasteiger partial charge in [-0.15, -0.1) is 10.2 Å². The van der Waals surface area contributed by atoms with E-state index in [0.29, 0.717) is 17.5 Å². The Morgan fingerprint density at radius 3 is 2.75 bits per heavy atom. The van der Waals surface area contributed by atoms with Crippen molar-refractivity contribution in [1.29, 1.82) is 0 Å². The predicted octanol–water partition coefficient (Wildman–Crippen LogP) is 4.94. The van der Waals surface area contributed by atoms with Crippen LogP contribution in [0.25, 0.3) is 11.4 Å². The van der Waals surface area contributed by atoms with Gasteiger partial charge in [0.05, 0.1) is 25.7 Å². The van der Waals surface area contributed by atoms with E-state index in [1.165, 1.54) is 11.8 Å². The van der Waals surface area contributed by atoms with Crippen LogP contribution in [-0.2, 0) is 11.3 Å². The predicted molar refractivity (Wildman–Crippen MR) is 125 cm³/mol. The number of thioether (sulfide) groups is 1. The van der Waals surface area contributed by atoms with Gasteiger partial charge in [0.1, 0.15) is 11.5 Å². The maximum Gasteiger partial charge on any atom is 0.234 e. The number of anilines is 1. The average Bonchev–Trinajstić information content (AvgIpc) is 3.45. The van der Waals surface area contributed by atoms with Crippen molar-refractivity contribution in [3.63, 3.8) is 0 Å². The number of furan rings is 1. The molecule has 1 amide bonds. The fraction of sp³-hybridized carbons (Fsp3) is 0.208. The maximum absolute atomic E-state index is 12.6. The molecule has 7 nitrogen and oxygen atoms in total. The van der Waals surface area contributed by atoms with E-state index in [1.807, 2.05) is 73.0 Å². The van der Waals surface area contributed by atoms with Gasteiger partial charge in [-0.1, -0.05) is 41.6 Å². The molecule has 2 aromatic carbocycles. The number of methoxy groups -OCH3 is 1. The van der Waals surface area contributed by atoms with Gasteiger partial charge in [0.2, 0.25) is 5.91 Å². The number of rotatable bonds is 8. The normalized spacial score (nSPS) is 10.8. The maximum atomic E-state index is 12.6. The highest BCUT2D eigenvalue weighted by Crippen LogP contribution is 2.28. The Balaban J connectivity index is 1.55. The second kappa shape index (κ2) is 9.74. The van der Waals surface area contributed by atoms with Gasteiger partial charge in [-0.05, 0) is 49.7 Å². The largest absolute Gasteiger partial charge is 0.497 e. The van der Waals surface area contributed by atoms with Gasteiger partial charge in [0, 0.05) is 11.3 Å². The first kappa shape index (κ1) is 21.7. The topological polar surface area (TPSA) is 82.2 Å². The molecule has 0 bridgehead atoms. The van der Waals surface area contributed by atoms with Gasteiger partial charge in [-0.25, -0.2) is 0 Å². The molecule has 2 aromatic heterocycles. The van der Waals surface area contributed by atoms with Crippen molar-refractivity contribution in [2.75, 3.05) is 18.2 Å². The molecular formula is C24H24N4O3S. The van der Waals surface area contributed by atoms with Crippen LogP contribution in [0.4, 0.5) is 5.69 Å². The molecule has 0 aliphatic heterocycles. The molecule has 4 aromatic rings. The van der Waals surface area contributed by atoms with Crippen LogP contribution in [-0.4, -0.2) is 33.5 Å². The Labute approximate surface area is 190 Å². The Morgan fingerprint density at radius 2 is 2.00 bits per heavy atom. The zero-order chi connectivity index (χ0) is 22.5. The smallest absolute Gasteiger partial charge is 0.234 e. The molecule has 0 aliphatic carbocycles. The van der Waals surface area contributed by atoms with Crippen LogP contribution in [0, 0.1) is 13.8 Å². The Kier molecular flexibility index (Phi) is 6.61. The SMILES string of the molecule is COc1cccc(-c2nnc(SCC(=O)Nc3ccc(C)cc3C)n2Cc2ccco2)c1. The third-order valence-corrected chi connectivity index (χ3v) is 5.89. The second-order valence-electron chi connectivity index (χ2n) is 7.36. The number of hydrogen-bond acceptors (Lipinski definition) is 6. The van der Waals surface area contributed by atoms with E-state index < -0.39 is 0 Å². The summed E-state index contributed by atoms with van der Waals surface area (Å²) in [5.74, 6) is 2.30. The number of aromatic nitrogens is 3. The molecule has 1 N–H and O–H groups in total. The summed E-state index contributed by atoms with van der Waals surface area (Å²) in [5, 5.41) is 12.3. The summed E-state index contributed by atoms with van der Waals surface area (Å²) in [6, 6.07) is 17.3. The summed E-state index contributed by atoms with van der Waals surface area (Å²) in [6.45, 7) is 4.46. The summed E-state index contributed by atoms with van der Waals surface area (Å²) in [4.78, 5) is 12.6. The molecule has 0 saturated carbocycles. The van der Waals surface area contributed by atoms with Crippen molar-refractivity contribution >= 4 is 23.4 Å². The summed E-state index contributed by atoms with van der Waals surface area (Å²) >= 11 is 1.34. The lowest BCUT2D eigenvalue weighted by atomic mass is 10.1. The number of benzene rings is 2. The van der Waals surface area contributed by atoms with Crippen molar-refractivity contribution in [1.82, 2.24) is 14.8 Å². The lowest BCUT2D eigenvalue weighted by Gasteiger charge is -2.11. The summed E-state index contributed by atoms with van der Waals surface area (Å²) in [5.41, 5.74) is 3.88. The van der Waals surface area contributed by atoms with E-state index in [1.54, 1.807) is 13.4 Å². The molecule has 164 valence electrons. The van der Waals surface area contributed by atoms with Crippen LogP contribution in [0.3, 0.4) is 0 Å². The van der Waals surface area contributed by atoms with E-state index in [2.05, 4.69) is 15.5 Å².